The first-order valence-electron chi connectivity index (χ1n) is 9.28. The third-order valence-electron chi connectivity index (χ3n) is 4.13. The number of hydrogen-bond acceptors (Lipinski definition) is 6. The Bertz CT molecular complexity index is 951. The molecule has 0 aliphatic heterocycles. The number of aromatic nitrogens is 2. The SMILES string of the molecule is CC(C)Oc1ccc(N)c(C(=N)c2ccnc(NCCc3ccccn3)c2)c1.[HH].[HH]. The Labute approximate surface area is 168 Å². The monoisotopic (exact) mass is 379 g/mol. The van der Waals surface area contributed by atoms with Gasteiger partial charge in [0.2, 0.25) is 0 Å². The van der Waals surface area contributed by atoms with E-state index in [1.807, 2.05) is 56.3 Å². The summed E-state index contributed by atoms with van der Waals surface area (Å²) in [6.07, 6.45) is 4.34. The molecule has 2 aromatic heterocycles. The molecule has 0 unspecified atom stereocenters. The molecule has 3 rings (SSSR count). The number of pyridine rings is 2. The summed E-state index contributed by atoms with van der Waals surface area (Å²) in [4.78, 5) is 8.66. The summed E-state index contributed by atoms with van der Waals surface area (Å²) in [5.41, 5.74) is 9.39. The van der Waals surface area contributed by atoms with Crippen molar-refractivity contribution in [2.45, 2.75) is 26.4 Å². The number of rotatable bonds is 8. The molecule has 0 atom stereocenters. The van der Waals surface area contributed by atoms with Crippen LogP contribution in [0.3, 0.4) is 0 Å². The second-order valence-corrected chi connectivity index (χ2v) is 6.72. The van der Waals surface area contributed by atoms with E-state index >= 15 is 0 Å². The minimum Gasteiger partial charge on any atom is -0.491 e. The Balaban J connectivity index is 0.00000225. The summed E-state index contributed by atoms with van der Waals surface area (Å²) in [5, 5.41) is 11.9. The maximum absolute atomic E-state index is 8.60. The molecule has 0 saturated heterocycles. The van der Waals surface area contributed by atoms with Crippen LogP contribution in [0.5, 0.6) is 5.75 Å². The fourth-order valence-corrected chi connectivity index (χ4v) is 2.80. The van der Waals surface area contributed by atoms with Gasteiger partial charge in [0.15, 0.2) is 0 Å². The summed E-state index contributed by atoms with van der Waals surface area (Å²) in [7, 11) is 0. The minimum atomic E-state index is 0. The fourth-order valence-electron chi connectivity index (χ4n) is 2.80. The smallest absolute Gasteiger partial charge is 0.126 e. The van der Waals surface area contributed by atoms with Gasteiger partial charge >= 0.3 is 0 Å². The lowest BCUT2D eigenvalue weighted by atomic mass is 10.0. The van der Waals surface area contributed by atoms with Crippen LogP contribution in [0.25, 0.3) is 0 Å². The van der Waals surface area contributed by atoms with Gasteiger partial charge in [0.05, 0.1) is 11.8 Å². The summed E-state index contributed by atoms with van der Waals surface area (Å²) >= 11 is 0. The number of ether oxygens (including phenoxy) is 1. The van der Waals surface area contributed by atoms with E-state index in [2.05, 4.69) is 15.3 Å². The van der Waals surface area contributed by atoms with Crippen molar-refractivity contribution in [1.29, 1.82) is 5.41 Å². The molecule has 1 aromatic carbocycles. The van der Waals surface area contributed by atoms with E-state index in [4.69, 9.17) is 15.9 Å². The van der Waals surface area contributed by atoms with Gasteiger partial charge in [-0.3, -0.25) is 10.4 Å². The number of nitrogen functional groups attached to an aromatic ring is 1. The number of benzene rings is 1. The highest BCUT2D eigenvalue weighted by Crippen LogP contribution is 2.24. The van der Waals surface area contributed by atoms with Crippen LogP contribution in [0, 0.1) is 5.41 Å². The normalized spacial score (nSPS) is 10.7. The summed E-state index contributed by atoms with van der Waals surface area (Å²) < 4.78 is 5.73. The van der Waals surface area contributed by atoms with Crippen LogP contribution < -0.4 is 15.8 Å². The van der Waals surface area contributed by atoms with E-state index in [0.717, 1.165) is 17.7 Å². The molecule has 0 radical (unpaired) electrons. The molecule has 0 spiro atoms. The molecule has 148 valence electrons. The lowest BCUT2D eigenvalue weighted by molar-refractivity contribution is 0.242. The number of anilines is 2. The Morgan fingerprint density at radius 2 is 2.00 bits per heavy atom. The lowest BCUT2D eigenvalue weighted by Crippen LogP contribution is -2.11. The molecule has 0 fully saturated rings. The second-order valence-electron chi connectivity index (χ2n) is 6.72. The van der Waals surface area contributed by atoms with Gasteiger partial charge in [-0.25, -0.2) is 4.98 Å². The highest BCUT2D eigenvalue weighted by atomic mass is 16.5. The van der Waals surface area contributed by atoms with Crippen molar-refractivity contribution in [3.8, 4) is 5.75 Å². The number of nitrogens with two attached hydrogens (primary N) is 1. The van der Waals surface area contributed by atoms with Crippen LogP contribution in [0.15, 0.2) is 60.9 Å². The maximum atomic E-state index is 8.60. The minimum absolute atomic E-state index is 0. The standard InChI is InChI=1S/C22H25N5O.2H2/c1-15(2)28-18-6-7-20(23)19(14-18)22(24)16-8-11-26-21(13-16)27-12-9-17-5-3-4-10-25-17;;/h3-8,10-11,13-15,24H,9,12,23H2,1-2H3,(H,26,27);2*1H. The van der Waals surface area contributed by atoms with Gasteiger partial charge in [0, 0.05) is 50.7 Å². The molecule has 0 aliphatic carbocycles. The molecule has 4 N–H and O–H groups in total. The van der Waals surface area contributed by atoms with Crippen LogP contribution in [-0.2, 0) is 6.42 Å². The molecule has 3 aromatic rings. The van der Waals surface area contributed by atoms with Gasteiger partial charge < -0.3 is 15.8 Å². The van der Waals surface area contributed by atoms with Gasteiger partial charge in [-0.2, -0.15) is 0 Å². The zero-order valence-electron chi connectivity index (χ0n) is 16.1. The van der Waals surface area contributed by atoms with Gasteiger partial charge in [0.25, 0.3) is 0 Å². The fraction of sp³-hybridized carbons (Fsp3) is 0.227. The Kier molecular flexibility index (Phi) is 6.22. The molecule has 28 heavy (non-hydrogen) atoms. The number of nitrogens with zero attached hydrogens (tertiary/aromatic N) is 2. The van der Waals surface area contributed by atoms with Gasteiger partial charge in [-0.05, 0) is 56.3 Å². The predicted molar refractivity (Wildman–Crippen MR) is 117 cm³/mol. The van der Waals surface area contributed by atoms with Crippen LogP contribution in [0.1, 0.15) is 33.5 Å². The van der Waals surface area contributed by atoms with Crippen LogP contribution in [0.4, 0.5) is 11.5 Å². The van der Waals surface area contributed by atoms with Crippen molar-refractivity contribution in [2.75, 3.05) is 17.6 Å². The molecule has 0 bridgehead atoms. The van der Waals surface area contributed by atoms with Crippen molar-refractivity contribution < 1.29 is 7.59 Å². The van der Waals surface area contributed by atoms with E-state index in [9.17, 15) is 0 Å². The maximum Gasteiger partial charge on any atom is 0.126 e. The van der Waals surface area contributed by atoms with Crippen molar-refractivity contribution in [3.05, 3.63) is 77.7 Å². The molecular formula is C22H29N5O. The topological polar surface area (TPSA) is 96.9 Å². The third-order valence-corrected chi connectivity index (χ3v) is 4.13. The quantitative estimate of drug-likeness (QED) is 0.398. The molecular weight excluding hydrogens is 350 g/mol. The van der Waals surface area contributed by atoms with Gasteiger partial charge in [-0.15, -0.1) is 0 Å². The van der Waals surface area contributed by atoms with E-state index < -0.39 is 0 Å². The van der Waals surface area contributed by atoms with Crippen molar-refractivity contribution >= 4 is 17.2 Å². The summed E-state index contributed by atoms with van der Waals surface area (Å²) in [6, 6.07) is 14.9. The summed E-state index contributed by atoms with van der Waals surface area (Å²) in [6.45, 7) is 4.64. The van der Waals surface area contributed by atoms with Crippen LogP contribution >= 0.6 is 0 Å². The molecule has 2 heterocycles. The molecule has 6 nitrogen and oxygen atoms in total. The highest BCUT2D eigenvalue weighted by molar-refractivity contribution is 6.14. The third kappa shape index (κ3) is 5.07. The Hall–Kier alpha value is -3.41. The first-order valence-corrected chi connectivity index (χ1v) is 9.28. The zero-order chi connectivity index (χ0) is 19.9. The second kappa shape index (κ2) is 8.99. The van der Waals surface area contributed by atoms with Gasteiger partial charge in [-0.1, -0.05) is 6.07 Å². The average Bonchev–Trinajstić information content (AvgIpc) is 2.70. The van der Waals surface area contributed by atoms with E-state index in [0.29, 0.717) is 35.1 Å². The van der Waals surface area contributed by atoms with E-state index in [-0.39, 0.29) is 8.96 Å². The van der Waals surface area contributed by atoms with E-state index in [1.165, 1.54) is 0 Å². The van der Waals surface area contributed by atoms with Gasteiger partial charge in [0.1, 0.15) is 11.6 Å². The van der Waals surface area contributed by atoms with E-state index in [1.54, 1.807) is 18.5 Å². The number of nitrogens with one attached hydrogen (secondary N) is 2. The lowest BCUT2D eigenvalue weighted by Gasteiger charge is -2.14. The molecule has 6 heteroatoms. The molecule has 0 aliphatic rings. The summed E-state index contributed by atoms with van der Waals surface area (Å²) in [5.74, 6) is 1.41. The van der Waals surface area contributed by atoms with Crippen molar-refractivity contribution in [3.63, 3.8) is 0 Å². The Morgan fingerprint density at radius 1 is 1.14 bits per heavy atom. The first kappa shape index (κ1) is 19.4. The van der Waals surface area contributed by atoms with Crippen molar-refractivity contribution in [2.24, 2.45) is 0 Å². The van der Waals surface area contributed by atoms with Crippen molar-refractivity contribution in [1.82, 2.24) is 9.97 Å². The predicted octanol–water partition coefficient (Wildman–Crippen LogP) is 4.41. The first-order chi connectivity index (χ1) is 13.5. The average molecular weight is 380 g/mol. The molecule has 0 amide bonds. The Morgan fingerprint density at radius 3 is 2.75 bits per heavy atom. The van der Waals surface area contributed by atoms with Crippen LogP contribution in [0.2, 0.25) is 0 Å². The molecule has 0 saturated carbocycles. The largest absolute Gasteiger partial charge is 0.491 e. The van der Waals surface area contributed by atoms with Crippen LogP contribution in [-0.4, -0.2) is 28.3 Å². The highest BCUT2D eigenvalue weighted by Gasteiger charge is 2.12. The zero-order valence-corrected chi connectivity index (χ0v) is 16.1. The number of hydrogen-bond donors (Lipinski definition) is 3.